The fourth-order valence-corrected chi connectivity index (χ4v) is 5.85. The summed E-state index contributed by atoms with van der Waals surface area (Å²) >= 11 is 1.28. The zero-order valence-electron chi connectivity index (χ0n) is 21.4. The largest absolute Gasteiger partial charge is 0.480 e. The maximum absolute atomic E-state index is 14.9. The minimum Gasteiger partial charge on any atom is -0.480 e. The molecule has 0 radical (unpaired) electrons. The minimum absolute atomic E-state index is 0.194. The number of thiazole rings is 1. The van der Waals surface area contributed by atoms with Crippen LogP contribution in [0.15, 0.2) is 48.8 Å². The second kappa shape index (κ2) is 11.0. The lowest BCUT2D eigenvalue weighted by atomic mass is 10.0. The van der Waals surface area contributed by atoms with Crippen LogP contribution in [-0.2, 0) is 6.61 Å². The Kier molecular flexibility index (Phi) is 7.10. The van der Waals surface area contributed by atoms with Crippen LogP contribution in [-0.4, -0.2) is 38.2 Å². The van der Waals surface area contributed by atoms with Gasteiger partial charge in [-0.25, -0.2) is 24.1 Å². The fraction of sp³-hybridized carbons (Fsp3) is 0.250. The van der Waals surface area contributed by atoms with E-state index in [0.717, 1.165) is 31.4 Å². The third kappa shape index (κ3) is 5.10. The number of methoxy groups -OCH3 is 1. The van der Waals surface area contributed by atoms with Crippen molar-refractivity contribution in [1.29, 1.82) is 0 Å². The normalized spacial score (nSPS) is 13.6. The van der Waals surface area contributed by atoms with E-state index in [9.17, 15) is 14.3 Å². The number of amides is 1. The maximum atomic E-state index is 14.9. The smallest absolute Gasteiger partial charge is 0.446 e. The van der Waals surface area contributed by atoms with E-state index in [4.69, 9.17) is 14.3 Å². The molecule has 6 rings (SSSR count). The van der Waals surface area contributed by atoms with Crippen molar-refractivity contribution in [3.8, 4) is 28.0 Å². The highest BCUT2D eigenvalue weighted by Crippen LogP contribution is 2.38. The first kappa shape index (κ1) is 25.8. The fourth-order valence-electron chi connectivity index (χ4n) is 4.85. The van der Waals surface area contributed by atoms with E-state index < -0.39 is 11.9 Å². The number of aromatic nitrogens is 4. The molecule has 1 saturated carbocycles. The van der Waals surface area contributed by atoms with Gasteiger partial charge in [0.2, 0.25) is 5.88 Å². The van der Waals surface area contributed by atoms with Crippen LogP contribution in [0.2, 0.25) is 0 Å². The SMILES string of the molecule is COc1cnc2c(-c3nc4cc(F)c(ONC(=O)Oc5cccnc5C5CCCC5)cc4s3)cc(CO)cc2n1. The molecule has 1 aliphatic rings. The summed E-state index contributed by atoms with van der Waals surface area (Å²) in [6.45, 7) is -0.206. The first-order chi connectivity index (χ1) is 19.5. The number of hydrogen-bond donors (Lipinski definition) is 2. The molecular formula is C28H24FN5O5S. The van der Waals surface area contributed by atoms with Gasteiger partial charge in [0.15, 0.2) is 17.3 Å². The third-order valence-electron chi connectivity index (χ3n) is 6.74. The Bertz CT molecular complexity index is 1720. The Hall–Kier alpha value is -4.42. The summed E-state index contributed by atoms with van der Waals surface area (Å²) in [7, 11) is 1.50. The van der Waals surface area contributed by atoms with Gasteiger partial charge in [0.1, 0.15) is 5.01 Å². The van der Waals surface area contributed by atoms with Crippen molar-refractivity contribution in [3.05, 3.63) is 65.9 Å². The van der Waals surface area contributed by atoms with E-state index in [1.807, 2.05) is 0 Å². The van der Waals surface area contributed by atoms with E-state index in [0.29, 0.717) is 49.0 Å². The van der Waals surface area contributed by atoms with E-state index in [2.05, 4.69) is 25.4 Å². The molecule has 3 aromatic heterocycles. The molecule has 1 aliphatic carbocycles. The van der Waals surface area contributed by atoms with Gasteiger partial charge in [-0.15, -0.1) is 11.3 Å². The summed E-state index contributed by atoms with van der Waals surface area (Å²) in [5.41, 5.74) is 5.63. The van der Waals surface area contributed by atoms with Crippen LogP contribution >= 0.6 is 11.3 Å². The van der Waals surface area contributed by atoms with Crippen molar-refractivity contribution in [1.82, 2.24) is 25.4 Å². The lowest BCUT2D eigenvalue weighted by Crippen LogP contribution is -2.30. The van der Waals surface area contributed by atoms with Crippen molar-refractivity contribution >= 4 is 38.7 Å². The number of carbonyl (C=O) groups excluding carboxylic acids is 1. The van der Waals surface area contributed by atoms with Crippen LogP contribution in [0.5, 0.6) is 17.4 Å². The third-order valence-corrected chi connectivity index (χ3v) is 7.79. The molecule has 5 aromatic rings. The van der Waals surface area contributed by atoms with Gasteiger partial charge in [0.05, 0.1) is 46.9 Å². The van der Waals surface area contributed by atoms with Gasteiger partial charge in [-0.05, 0) is 42.7 Å². The predicted octanol–water partition coefficient (Wildman–Crippen LogP) is 5.68. The Balaban J connectivity index is 1.23. The van der Waals surface area contributed by atoms with Crippen molar-refractivity contribution in [2.45, 2.75) is 38.2 Å². The second-order valence-corrected chi connectivity index (χ2v) is 10.3. The molecule has 10 nitrogen and oxygen atoms in total. The topological polar surface area (TPSA) is 129 Å². The summed E-state index contributed by atoms with van der Waals surface area (Å²) in [6, 6.07) is 9.54. The zero-order valence-corrected chi connectivity index (χ0v) is 22.2. The first-order valence-electron chi connectivity index (χ1n) is 12.7. The molecule has 0 atom stereocenters. The molecule has 3 heterocycles. The molecule has 1 amide bonds. The molecule has 1 fully saturated rings. The number of pyridine rings is 1. The molecule has 0 aliphatic heterocycles. The average Bonchev–Trinajstić information content (AvgIpc) is 3.65. The molecule has 2 N–H and O–H groups in total. The number of hydrogen-bond acceptors (Lipinski definition) is 10. The van der Waals surface area contributed by atoms with Gasteiger partial charge in [-0.1, -0.05) is 12.8 Å². The molecule has 12 heteroatoms. The van der Waals surface area contributed by atoms with Crippen LogP contribution < -0.4 is 19.8 Å². The summed E-state index contributed by atoms with van der Waals surface area (Å²) in [5.74, 6) is 0.0348. The van der Waals surface area contributed by atoms with Gasteiger partial charge in [0, 0.05) is 29.8 Å². The molecule has 0 spiro atoms. The number of carbonyl (C=O) groups is 1. The van der Waals surface area contributed by atoms with Crippen molar-refractivity contribution in [2.24, 2.45) is 0 Å². The Morgan fingerprint density at radius 2 is 1.98 bits per heavy atom. The van der Waals surface area contributed by atoms with Crippen molar-refractivity contribution in [3.63, 3.8) is 0 Å². The number of aliphatic hydroxyl groups excluding tert-OH is 1. The Morgan fingerprint density at radius 1 is 1.12 bits per heavy atom. The van der Waals surface area contributed by atoms with E-state index in [1.54, 1.807) is 30.5 Å². The number of halogens is 1. The number of nitrogens with one attached hydrogen (secondary N) is 1. The van der Waals surface area contributed by atoms with E-state index in [-0.39, 0.29) is 18.3 Å². The molecule has 204 valence electrons. The number of rotatable bonds is 7. The summed E-state index contributed by atoms with van der Waals surface area (Å²) in [6.07, 6.45) is 6.50. The van der Waals surface area contributed by atoms with Crippen LogP contribution in [0.4, 0.5) is 9.18 Å². The second-order valence-electron chi connectivity index (χ2n) is 9.31. The minimum atomic E-state index is -0.891. The van der Waals surface area contributed by atoms with E-state index >= 15 is 0 Å². The number of fused-ring (bicyclic) bond motifs is 2. The molecule has 0 unspecified atom stereocenters. The van der Waals surface area contributed by atoms with Crippen LogP contribution in [0.3, 0.4) is 0 Å². The monoisotopic (exact) mass is 561 g/mol. The maximum Gasteiger partial charge on any atom is 0.446 e. The highest BCUT2D eigenvalue weighted by molar-refractivity contribution is 7.21. The Morgan fingerprint density at radius 3 is 2.77 bits per heavy atom. The highest BCUT2D eigenvalue weighted by atomic mass is 32.1. The quantitative estimate of drug-likeness (QED) is 0.241. The highest BCUT2D eigenvalue weighted by Gasteiger charge is 2.23. The number of nitrogens with zero attached hydrogens (tertiary/aromatic N) is 4. The number of aliphatic hydroxyl groups is 1. The van der Waals surface area contributed by atoms with E-state index in [1.165, 1.54) is 36.8 Å². The summed E-state index contributed by atoms with van der Waals surface area (Å²) in [5, 5.41) is 10.3. The summed E-state index contributed by atoms with van der Waals surface area (Å²) < 4.78 is 26.1. The zero-order chi connectivity index (χ0) is 27.6. The molecular weight excluding hydrogens is 537 g/mol. The first-order valence-corrected chi connectivity index (χ1v) is 13.5. The Labute approximate surface area is 231 Å². The number of benzene rings is 2. The van der Waals surface area contributed by atoms with Gasteiger partial charge in [0.25, 0.3) is 0 Å². The average molecular weight is 562 g/mol. The molecule has 40 heavy (non-hydrogen) atoms. The lowest BCUT2D eigenvalue weighted by molar-refractivity contribution is 0.138. The van der Waals surface area contributed by atoms with Crippen LogP contribution in [0.1, 0.15) is 42.9 Å². The molecule has 2 aromatic carbocycles. The van der Waals surface area contributed by atoms with Crippen LogP contribution in [0.25, 0.3) is 31.8 Å². The standard InChI is InChI=1S/C28H24FN5O5S/c1-37-24-13-31-26-17(9-15(14-35)10-20(26)32-24)27-33-19-11-18(29)22(12-23(19)40-27)39-34-28(36)38-21-7-4-8-30-25(21)16-5-2-3-6-16/h4,7-13,16,35H,2-3,5-6,14H2,1H3,(H,34,36). The van der Waals surface area contributed by atoms with Gasteiger partial charge < -0.3 is 19.4 Å². The molecule has 0 saturated heterocycles. The lowest BCUT2D eigenvalue weighted by Gasteiger charge is -2.14. The van der Waals surface area contributed by atoms with Gasteiger partial charge in [-0.3, -0.25) is 4.98 Å². The number of ether oxygens (including phenoxy) is 2. The van der Waals surface area contributed by atoms with Crippen LogP contribution in [0, 0.1) is 5.82 Å². The van der Waals surface area contributed by atoms with Gasteiger partial charge in [-0.2, -0.15) is 5.48 Å². The predicted molar refractivity (Wildman–Crippen MR) is 146 cm³/mol. The van der Waals surface area contributed by atoms with Crippen molar-refractivity contribution in [2.75, 3.05) is 7.11 Å². The van der Waals surface area contributed by atoms with Gasteiger partial charge >= 0.3 is 6.09 Å². The summed E-state index contributed by atoms with van der Waals surface area (Å²) in [4.78, 5) is 35.6. The van der Waals surface area contributed by atoms with Crippen molar-refractivity contribution < 1.29 is 28.6 Å². The number of hydroxylamine groups is 1. The molecule has 0 bridgehead atoms.